The number of imidazole rings is 1. The number of halogens is 1. The molecule has 0 spiro atoms. The van der Waals surface area contributed by atoms with Crippen molar-refractivity contribution in [3.8, 4) is 0 Å². The average Bonchev–Trinajstić information content (AvgIpc) is 2.67. The van der Waals surface area contributed by atoms with E-state index in [0.717, 1.165) is 29.8 Å². The van der Waals surface area contributed by atoms with E-state index in [1.54, 1.807) is 6.07 Å². The van der Waals surface area contributed by atoms with Crippen molar-refractivity contribution in [3.05, 3.63) is 29.8 Å². The first-order valence-electron chi connectivity index (χ1n) is 6.58. The molecular formula is C14H18FN3. The van der Waals surface area contributed by atoms with E-state index in [0.29, 0.717) is 6.04 Å². The number of hydrogen-bond donors (Lipinski definition) is 1. The molecule has 1 aromatic heterocycles. The van der Waals surface area contributed by atoms with Gasteiger partial charge in [0, 0.05) is 25.6 Å². The number of aromatic nitrogens is 2. The van der Waals surface area contributed by atoms with Crippen molar-refractivity contribution in [1.29, 1.82) is 0 Å². The van der Waals surface area contributed by atoms with E-state index in [2.05, 4.69) is 14.9 Å². The highest BCUT2D eigenvalue weighted by atomic mass is 19.1. The van der Waals surface area contributed by atoms with Crippen molar-refractivity contribution in [2.45, 2.75) is 31.7 Å². The van der Waals surface area contributed by atoms with Gasteiger partial charge in [0.25, 0.3) is 0 Å². The first kappa shape index (κ1) is 11.7. The lowest BCUT2D eigenvalue weighted by molar-refractivity contribution is 0.392. The van der Waals surface area contributed by atoms with Crippen molar-refractivity contribution in [2.24, 2.45) is 7.05 Å². The van der Waals surface area contributed by atoms with Gasteiger partial charge in [0.1, 0.15) is 11.6 Å². The second-order valence-corrected chi connectivity index (χ2v) is 5.07. The largest absolute Gasteiger partial charge is 0.331 e. The molecule has 96 valence electrons. The van der Waals surface area contributed by atoms with E-state index >= 15 is 0 Å². The molecule has 1 N–H and O–H groups in total. The summed E-state index contributed by atoms with van der Waals surface area (Å²) in [5.74, 6) is 0.818. The quantitative estimate of drug-likeness (QED) is 0.883. The SMILES string of the molecule is Cn1c(CC2CCCCN2)nc2cc(F)ccc21. The van der Waals surface area contributed by atoms with Crippen LogP contribution in [0.15, 0.2) is 18.2 Å². The molecule has 1 aromatic carbocycles. The summed E-state index contributed by atoms with van der Waals surface area (Å²) in [4.78, 5) is 4.55. The summed E-state index contributed by atoms with van der Waals surface area (Å²) in [6.45, 7) is 1.10. The minimum Gasteiger partial charge on any atom is -0.331 e. The lowest BCUT2D eigenvalue weighted by atomic mass is 10.0. The van der Waals surface area contributed by atoms with Crippen molar-refractivity contribution < 1.29 is 4.39 Å². The highest BCUT2D eigenvalue weighted by Crippen LogP contribution is 2.19. The predicted molar refractivity (Wildman–Crippen MR) is 70.0 cm³/mol. The Morgan fingerprint density at radius 1 is 1.44 bits per heavy atom. The molecule has 0 amide bonds. The second kappa shape index (κ2) is 4.69. The molecule has 0 aliphatic carbocycles. The van der Waals surface area contributed by atoms with Crippen LogP contribution in [0, 0.1) is 5.82 Å². The smallest absolute Gasteiger partial charge is 0.125 e. The Morgan fingerprint density at radius 2 is 2.33 bits per heavy atom. The van der Waals surface area contributed by atoms with Crippen LogP contribution >= 0.6 is 0 Å². The van der Waals surface area contributed by atoms with Gasteiger partial charge >= 0.3 is 0 Å². The zero-order chi connectivity index (χ0) is 12.5. The first-order valence-corrected chi connectivity index (χ1v) is 6.58. The third-order valence-electron chi connectivity index (χ3n) is 3.78. The fourth-order valence-electron chi connectivity index (χ4n) is 2.72. The van der Waals surface area contributed by atoms with Gasteiger partial charge in [0.05, 0.1) is 11.0 Å². The van der Waals surface area contributed by atoms with E-state index in [1.165, 1.54) is 31.4 Å². The van der Waals surface area contributed by atoms with Crippen molar-refractivity contribution in [3.63, 3.8) is 0 Å². The molecule has 1 fully saturated rings. The molecule has 2 heterocycles. The number of nitrogens with one attached hydrogen (secondary N) is 1. The summed E-state index contributed by atoms with van der Waals surface area (Å²) in [5.41, 5.74) is 1.76. The Balaban J connectivity index is 1.89. The van der Waals surface area contributed by atoms with Gasteiger partial charge < -0.3 is 9.88 Å². The summed E-state index contributed by atoms with van der Waals surface area (Å²) in [6.07, 6.45) is 4.69. The summed E-state index contributed by atoms with van der Waals surface area (Å²) >= 11 is 0. The Kier molecular flexibility index (Phi) is 3.04. The molecule has 1 aliphatic heterocycles. The highest BCUT2D eigenvalue weighted by Gasteiger charge is 2.16. The van der Waals surface area contributed by atoms with E-state index < -0.39 is 0 Å². The van der Waals surface area contributed by atoms with Gasteiger partial charge in [-0.25, -0.2) is 9.37 Å². The number of benzene rings is 1. The summed E-state index contributed by atoms with van der Waals surface area (Å²) < 4.78 is 15.2. The van der Waals surface area contributed by atoms with Crippen LogP contribution in [0.2, 0.25) is 0 Å². The van der Waals surface area contributed by atoms with Crippen LogP contribution in [0.3, 0.4) is 0 Å². The molecule has 3 rings (SSSR count). The molecule has 1 unspecified atom stereocenters. The lowest BCUT2D eigenvalue weighted by Gasteiger charge is -2.22. The summed E-state index contributed by atoms with van der Waals surface area (Å²) in [7, 11) is 2.01. The Labute approximate surface area is 106 Å². The fourth-order valence-corrected chi connectivity index (χ4v) is 2.72. The van der Waals surface area contributed by atoms with Gasteiger partial charge in [0.15, 0.2) is 0 Å². The third kappa shape index (κ3) is 2.12. The van der Waals surface area contributed by atoms with Crippen LogP contribution in [0.1, 0.15) is 25.1 Å². The number of hydrogen-bond acceptors (Lipinski definition) is 2. The maximum atomic E-state index is 13.2. The van der Waals surface area contributed by atoms with Gasteiger partial charge in [0.2, 0.25) is 0 Å². The van der Waals surface area contributed by atoms with Crippen molar-refractivity contribution in [2.75, 3.05) is 6.54 Å². The van der Waals surface area contributed by atoms with Crippen molar-refractivity contribution in [1.82, 2.24) is 14.9 Å². The number of rotatable bonds is 2. The molecule has 1 saturated heterocycles. The topological polar surface area (TPSA) is 29.9 Å². The normalized spacial score (nSPS) is 20.4. The molecule has 1 atom stereocenters. The highest BCUT2D eigenvalue weighted by molar-refractivity contribution is 5.75. The van der Waals surface area contributed by atoms with Crippen molar-refractivity contribution >= 4 is 11.0 Å². The van der Waals surface area contributed by atoms with Crippen LogP contribution in [0.4, 0.5) is 4.39 Å². The lowest BCUT2D eigenvalue weighted by Crippen LogP contribution is -2.36. The average molecular weight is 247 g/mol. The standard InChI is InChI=1S/C14H18FN3/c1-18-13-6-5-10(15)8-12(13)17-14(18)9-11-4-2-3-7-16-11/h5-6,8,11,16H,2-4,7,9H2,1H3. The minimum atomic E-state index is -0.219. The van der Waals surface area contributed by atoms with E-state index in [9.17, 15) is 4.39 Å². The zero-order valence-corrected chi connectivity index (χ0v) is 10.6. The molecule has 0 bridgehead atoms. The number of fused-ring (bicyclic) bond motifs is 1. The van der Waals surface area contributed by atoms with Gasteiger partial charge in [-0.2, -0.15) is 0 Å². The maximum Gasteiger partial charge on any atom is 0.125 e. The van der Waals surface area contributed by atoms with E-state index in [-0.39, 0.29) is 5.82 Å². The number of nitrogens with zero attached hydrogens (tertiary/aromatic N) is 2. The molecule has 1 aliphatic rings. The summed E-state index contributed by atoms with van der Waals surface area (Å²) in [6, 6.07) is 5.31. The molecular weight excluding hydrogens is 229 g/mol. The van der Waals surface area contributed by atoms with Gasteiger partial charge in [-0.3, -0.25) is 0 Å². The second-order valence-electron chi connectivity index (χ2n) is 5.07. The van der Waals surface area contributed by atoms with Crippen LogP contribution in [0.5, 0.6) is 0 Å². The molecule has 0 radical (unpaired) electrons. The van der Waals surface area contributed by atoms with Crippen LogP contribution in [0.25, 0.3) is 11.0 Å². The van der Waals surface area contributed by atoms with Crippen LogP contribution in [-0.4, -0.2) is 22.1 Å². The molecule has 2 aromatic rings. The van der Waals surface area contributed by atoms with Crippen LogP contribution in [-0.2, 0) is 13.5 Å². The van der Waals surface area contributed by atoms with Crippen LogP contribution < -0.4 is 5.32 Å². The van der Waals surface area contributed by atoms with E-state index in [1.807, 2.05) is 7.05 Å². The maximum absolute atomic E-state index is 13.2. The Morgan fingerprint density at radius 3 is 3.11 bits per heavy atom. The minimum absolute atomic E-state index is 0.219. The Hall–Kier alpha value is -1.42. The molecule has 4 heteroatoms. The third-order valence-corrected chi connectivity index (χ3v) is 3.78. The fraction of sp³-hybridized carbons (Fsp3) is 0.500. The zero-order valence-electron chi connectivity index (χ0n) is 10.6. The Bertz CT molecular complexity index is 555. The van der Waals surface area contributed by atoms with Gasteiger partial charge in [-0.1, -0.05) is 6.42 Å². The van der Waals surface area contributed by atoms with Gasteiger partial charge in [-0.15, -0.1) is 0 Å². The van der Waals surface area contributed by atoms with Gasteiger partial charge in [-0.05, 0) is 31.5 Å². The molecule has 18 heavy (non-hydrogen) atoms. The monoisotopic (exact) mass is 247 g/mol. The number of piperidine rings is 1. The summed E-state index contributed by atoms with van der Waals surface area (Å²) in [5, 5.41) is 3.52. The molecule has 0 saturated carbocycles. The molecule has 3 nitrogen and oxygen atoms in total. The van der Waals surface area contributed by atoms with E-state index in [4.69, 9.17) is 0 Å². The predicted octanol–water partition coefficient (Wildman–Crippen LogP) is 2.40. The first-order chi connectivity index (χ1) is 8.74. The number of aryl methyl sites for hydroxylation is 1.